The number of anilines is 1. The number of ether oxygens (including phenoxy) is 2. The van der Waals surface area contributed by atoms with Crippen LogP contribution in [-0.2, 0) is 46.4 Å². The van der Waals surface area contributed by atoms with Crippen molar-refractivity contribution in [1.29, 1.82) is 0 Å². The van der Waals surface area contributed by atoms with Crippen LogP contribution in [0.25, 0.3) is 0 Å². The third-order valence-electron chi connectivity index (χ3n) is 12.3. The van der Waals surface area contributed by atoms with Crippen molar-refractivity contribution in [2.24, 2.45) is 23.7 Å². The molecule has 2 unspecified atom stereocenters. The first-order chi connectivity index (χ1) is 28.9. The van der Waals surface area contributed by atoms with E-state index in [1.165, 1.54) is 0 Å². The van der Waals surface area contributed by atoms with Gasteiger partial charge in [-0.15, -0.1) is 0 Å². The molecule has 9 atom stereocenters. The van der Waals surface area contributed by atoms with E-state index >= 15 is 0 Å². The van der Waals surface area contributed by atoms with E-state index in [2.05, 4.69) is 16.0 Å². The number of hydrogen-bond donors (Lipinski definition) is 4. The van der Waals surface area contributed by atoms with E-state index in [0.717, 1.165) is 24.0 Å². The number of nitrogen functional groups attached to an aromatic ring is 1. The van der Waals surface area contributed by atoms with Crippen molar-refractivity contribution < 1.29 is 33.4 Å². The third-order valence-corrected chi connectivity index (χ3v) is 12.3. The van der Waals surface area contributed by atoms with Gasteiger partial charge >= 0.3 is 0 Å². The Morgan fingerprint density at radius 2 is 1.46 bits per heavy atom. The minimum Gasteiger partial charge on any atom is -0.399 e. The molecule has 1 saturated heterocycles. The highest BCUT2D eigenvalue weighted by molar-refractivity contribution is 5.90. The molecule has 3 rings (SSSR count). The first-order valence-electron chi connectivity index (χ1n) is 21.9. The molecule has 14 nitrogen and oxygen atoms in total. The molecule has 0 radical (unpaired) electrons. The highest BCUT2D eigenvalue weighted by atomic mass is 16.5. The Hall–Kier alpha value is -4.53. The van der Waals surface area contributed by atoms with E-state index in [4.69, 9.17) is 15.2 Å². The monoisotopic (exact) mass is 850 g/mol. The van der Waals surface area contributed by atoms with Crippen molar-refractivity contribution in [2.75, 3.05) is 47.6 Å². The number of nitrogens with one attached hydrogen (secondary N) is 3. The molecule has 2 aromatic rings. The standard InChI is InChI=1S/C47H75N7O7/c1-13-31(6)42(53(10)47(59)40(29(2)3)51-46(58)41(30(4)5)52(8)9)38(60-11)27-39(55)54-25-17-20-37(54)43(61-12)32(7)44(56)50-36(26-33-18-15-14-16-19-33)45(57)49-28-34-21-23-35(48)24-22-34/h14-16,18-19,21-24,29-32,36-38,40-43H,13,17,20,25-28,48H2,1-12H3,(H,49,57)(H,50,56)(H,51,58)/t31-,32+,36?,37-,38+,40?,41-,42-,43+/m0/s1. The van der Waals surface area contributed by atoms with Gasteiger partial charge in [-0.3, -0.25) is 28.9 Å². The summed E-state index contributed by atoms with van der Waals surface area (Å²) in [5.74, 6) is -2.22. The Kier molecular flexibility index (Phi) is 20.2. The minimum absolute atomic E-state index is 0.00127. The normalized spacial score (nSPS) is 18.1. The summed E-state index contributed by atoms with van der Waals surface area (Å²) in [6, 6.07) is 13.8. The quantitative estimate of drug-likeness (QED) is 0.119. The smallest absolute Gasteiger partial charge is 0.245 e. The van der Waals surface area contributed by atoms with Crippen LogP contribution in [0.3, 0.4) is 0 Å². The second kappa shape index (κ2) is 24.2. The molecule has 1 aliphatic rings. The van der Waals surface area contributed by atoms with E-state index in [0.29, 0.717) is 18.7 Å². The highest BCUT2D eigenvalue weighted by Gasteiger charge is 2.43. The fraction of sp³-hybridized carbons (Fsp3) is 0.638. The number of carbonyl (C=O) groups is 5. The third kappa shape index (κ3) is 14.0. The lowest BCUT2D eigenvalue weighted by molar-refractivity contribution is -0.148. The molecule has 0 aliphatic carbocycles. The first-order valence-corrected chi connectivity index (χ1v) is 21.9. The zero-order valence-corrected chi connectivity index (χ0v) is 38.8. The van der Waals surface area contributed by atoms with Crippen LogP contribution in [0.5, 0.6) is 0 Å². The SMILES string of the molecule is CC[C@H](C)[C@@H]([C@@H](CC(=O)N1CCC[C@H]1[C@H](OC)[C@@H](C)C(=O)NC(Cc1ccccc1)C(=O)NCc1ccc(N)cc1)OC)N(C)C(=O)C(NC(=O)[C@H](C(C)C)N(C)C)C(C)C. The maximum Gasteiger partial charge on any atom is 0.245 e. The minimum atomic E-state index is -0.863. The van der Waals surface area contributed by atoms with Gasteiger partial charge in [0.05, 0.1) is 42.7 Å². The molecule has 1 aliphatic heterocycles. The van der Waals surface area contributed by atoms with E-state index in [1.54, 1.807) is 50.1 Å². The lowest BCUT2D eigenvalue weighted by Crippen LogP contribution is -2.59. The van der Waals surface area contributed by atoms with E-state index < -0.39 is 48.3 Å². The van der Waals surface area contributed by atoms with Gasteiger partial charge in [0.25, 0.3) is 0 Å². The maximum absolute atomic E-state index is 14.4. The van der Waals surface area contributed by atoms with Crippen LogP contribution in [-0.4, -0.2) is 129 Å². The van der Waals surface area contributed by atoms with Gasteiger partial charge in [0.2, 0.25) is 29.5 Å². The Balaban J connectivity index is 1.79. The number of rotatable bonds is 23. The lowest BCUT2D eigenvalue weighted by atomic mass is 9.89. The largest absolute Gasteiger partial charge is 0.399 e. The van der Waals surface area contributed by atoms with Gasteiger partial charge in [-0.1, -0.05) is 97.4 Å². The van der Waals surface area contributed by atoms with Crippen LogP contribution in [0.1, 0.15) is 85.3 Å². The van der Waals surface area contributed by atoms with Gasteiger partial charge in [0, 0.05) is 46.5 Å². The molecule has 14 heteroatoms. The van der Waals surface area contributed by atoms with Crippen LogP contribution >= 0.6 is 0 Å². The first kappa shape index (κ1) is 50.8. The summed E-state index contributed by atoms with van der Waals surface area (Å²) < 4.78 is 12.1. The van der Waals surface area contributed by atoms with Crippen molar-refractivity contribution in [3.05, 3.63) is 65.7 Å². The summed E-state index contributed by atoms with van der Waals surface area (Å²) in [5, 5.41) is 9.00. The topological polar surface area (TPSA) is 176 Å². The van der Waals surface area contributed by atoms with Crippen molar-refractivity contribution in [1.82, 2.24) is 30.7 Å². The zero-order valence-electron chi connectivity index (χ0n) is 38.8. The highest BCUT2D eigenvalue weighted by Crippen LogP contribution is 2.30. The molecule has 0 spiro atoms. The summed E-state index contributed by atoms with van der Waals surface area (Å²) in [5.41, 5.74) is 8.23. The van der Waals surface area contributed by atoms with Crippen molar-refractivity contribution in [3.63, 3.8) is 0 Å². The van der Waals surface area contributed by atoms with E-state index in [-0.39, 0.29) is 66.7 Å². The number of benzene rings is 2. The molecule has 61 heavy (non-hydrogen) atoms. The fourth-order valence-corrected chi connectivity index (χ4v) is 8.72. The summed E-state index contributed by atoms with van der Waals surface area (Å²) in [7, 11) is 8.53. The molecule has 0 saturated carbocycles. The fourth-order valence-electron chi connectivity index (χ4n) is 8.72. The molecule has 5 N–H and O–H groups in total. The Labute approximate surface area is 365 Å². The number of likely N-dealkylation sites (N-methyl/N-ethyl adjacent to an activating group) is 2. The average Bonchev–Trinajstić information content (AvgIpc) is 3.71. The molecule has 1 fully saturated rings. The van der Waals surface area contributed by atoms with Crippen LogP contribution in [0.2, 0.25) is 0 Å². The van der Waals surface area contributed by atoms with Gasteiger partial charge in [-0.25, -0.2) is 0 Å². The Morgan fingerprint density at radius 3 is 2.00 bits per heavy atom. The predicted molar refractivity (Wildman–Crippen MR) is 240 cm³/mol. The second-order valence-electron chi connectivity index (χ2n) is 17.7. The van der Waals surface area contributed by atoms with Crippen LogP contribution in [0.4, 0.5) is 5.69 Å². The van der Waals surface area contributed by atoms with E-state index in [1.807, 2.05) is 103 Å². The maximum atomic E-state index is 14.4. The van der Waals surface area contributed by atoms with Crippen LogP contribution < -0.4 is 21.7 Å². The molecular formula is C47H75N7O7. The van der Waals surface area contributed by atoms with Crippen molar-refractivity contribution in [3.8, 4) is 0 Å². The van der Waals surface area contributed by atoms with Gasteiger partial charge in [0.1, 0.15) is 12.1 Å². The number of hydrogen-bond acceptors (Lipinski definition) is 9. The summed E-state index contributed by atoms with van der Waals surface area (Å²) in [6.45, 7) is 14.4. The zero-order chi connectivity index (χ0) is 45.6. The second-order valence-corrected chi connectivity index (χ2v) is 17.7. The Bertz CT molecular complexity index is 1700. The molecule has 340 valence electrons. The summed E-state index contributed by atoms with van der Waals surface area (Å²) in [6.07, 6.45) is 1.04. The van der Waals surface area contributed by atoms with Crippen LogP contribution in [0.15, 0.2) is 54.6 Å². The van der Waals surface area contributed by atoms with Crippen molar-refractivity contribution >= 4 is 35.2 Å². The van der Waals surface area contributed by atoms with E-state index in [9.17, 15) is 24.0 Å². The number of nitrogens with two attached hydrogens (primary N) is 1. The molecule has 0 aromatic heterocycles. The lowest BCUT2D eigenvalue weighted by Gasteiger charge is -2.41. The van der Waals surface area contributed by atoms with Crippen molar-refractivity contribution in [2.45, 2.75) is 130 Å². The van der Waals surface area contributed by atoms with Gasteiger partial charge in [0.15, 0.2) is 0 Å². The van der Waals surface area contributed by atoms with Crippen LogP contribution in [0, 0.1) is 23.7 Å². The molecule has 0 bridgehead atoms. The summed E-state index contributed by atoms with van der Waals surface area (Å²) >= 11 is 0. The molecular weight excluding hydrogens is 775 g/mol. The number of methoxy groups -OCH3 is 2. The van der Waals surface area contributed by atoms with Gasteiger partial charge < -0.3 is 41.0 Å². The summed E-state index contributed by atoms with van der Waals surface area (Å²) in [4.78, 5) is 75.2. The number of amides is 5. The number of carbonyl (C=O) groups excluding carboxylic acids is 5. The number of nitrogens with zero attached hydrogens (tertiary/aromatic N) is 3. The molecule has 1 heterocycles. The Morgan fingerprint density at radius 1 is 0.820 bits per heavy atom. The average molecular weight is 850 g/mol. The van der Waals surface area contributed by atoms with Gasteiger partial charge in [-0.2, -0.15) is 0 Å². The predicted octanol–water partition coefficient (Wildman–Crippen LogP) is 4.26. The molecule has 2 aromatic carbocycles. The molecule has 5 amide bonds. The van der Waals surface area contributed by atoms with Gasteiger partial charge in [-0.05, 0) is 68.0 Å². The number of likely N-dealkylation sites (tertiary alicyclic amines) is 1.